The van der Waals surface area contributed by atoms with Crippen LogP contribution in [0.1, 0.15) is 24.0 Å². The van der Waals surface area contributed by atoms with Crippen molar-refractivity contribution in [3.8, 4) is 0 Å². The molecule has 0 unspecified atom stereocenters. The third-order valence-corrected chi connectivity index (χ3v) is 7.13. The van der Waals surface area contributed by atoms with Crippen LogP contribution in [-0.4, -0.2) is 51.1 Å². The molecule has 1 fully saturated rings. The first-order valence-electron chi connectivity index (χ1n) is 10.8. The quantitative estimate of drug-likeness (QED) is 0.241. The van der Waals surface area contributed by atoms with E-state index in [0.29, 0.717) is 23.6 Å². The molecule has 9 nitrogen and oxygen atoms in total. The molecule has 0 saturated carbocycles. The van der Waals surface area contributed by atoms with Crippen molar-refractivity contribution in [1.29, 1.82) is 0 Å². The number of anilines is 1. The summed E-state index contributed by atoms with van der Waals surface area (Å²) in [7, 11) is -2.34. The first-order valence-corrected chi connectivity index (χ1v) is 12.7. The number of esters is 2. The number of sulfonamides is 1. The molecule has 1 aliphatic rings. The Bertz CT molecular complexity index is 1130. The van der Waals surface area contributed by atoms with Crippen LogP contribution < -0.4 is 20.7 Å². The standard InChI is InChI=1S/C23H28N4O5S2/c1-15-5-11-18(12-6-15)34(30,31)27-20(22(29)32-21(28)19-4-3-13-25-19)14-16-7-9-17(10-8-16)26-23(33)24-2/h5-12,19-20,25,27H,3-4,13-14H2,1-2H3,(H2,24,26,33)/t19-,20-/m0/s1. The molecule has 2 atom stereocenters. The molecule has 1 heterocycles. The lowest BCUT2D eigenvalue weighted by Gasteiger charge is -2.19. The van der Waals surface area contributed by atoms with Crippen molar-refractivity contribution in [3.63, 3.8) is 0 Å². The van der Waals surface area contributed by atoms with E-state index in [1.165, 1.54) is 12.1 Å². The normalized spacial score (nSPS) is 16.5. The van der Waals surface area contributed by atoms with E-state index >= 15 is 0 Å². The summed E-state index contributed by atoms with van der Waals surface area (Å²) in [6, 6.07) is 11.4. The van der Waals surface area contributed by atoms with E-state index in [-0.39, 0.29) is 11.3 Å². The molecule has 4 N–H and O–H groups in total. The zero-order valence-electron chi connectivity index (χ0n) is 19.0. The topological polar surface area (TPSA) is 126 Å². The molecule has 1 aliphatic heterocycles. The van der Waals surface area contributed by atoms with Gasteiger partial charge >= 0.3 is 11.9 Å². The molecule has 0 aromatic heterocycles. The molecule has 182 valence electrons. The number of carbonyl (C=O) groups is 2. The van der Waals surface area contributed by atoms with Gasteiger partial charge in [0.15, 0.2) is 5.11 Å². The monoisotopic (exact) mass is 504 g/mol. The highest BCUT2D eigenvalue weighted by molar-refractivity contribution is 7.89. The summed E-state index contributed by atoms with van der Waals surface area (Å²) >= 11 is 5.08. The van der Waals surface area contributed by atoms with Crippen molar-refractivity contribution >= 4 is 45.0 Å². The number of rotatable bonds is 8. The third-order valence-electron chi connectivity index (χ3n) is 5.34. The Morgan fingerprint density at radius 3 is 2.41 bits per heavy atom. The molecule has 34 heavy (non-hydrogen) atoms. The summed E-state index contributed by atoms with van der Waals surface area (Å²) in [6.45, 7) is 2.50. The Labute approximate surface area is 204 Å². The molecule has 0 bridgehead atoms. The lowest BCUT2D eigenvalue weighted by molar-refractivity contribution is -0.162. The summed E-state index contributed by atoms with van der Waals surface area (Å²) in [5.41, 5.74) is 2.29. The summed E-state index contributed by atoms with van der Waals surface area (Å²) < 4.78 is 33.4. The third kappa shape index (κ3) is 7.07. The van der Waals surface area contributed by atoms with Gasteiger partial charge in [-0.3, -0.25) is 0 Å². The minimum atomic E-state index is -4.04. The Morgan fingerprint density at radius 1 is 1.15 bits per heavy atom. The predicted octanol–water partition coefficient (Wildman–Crippen LogP) is 1.62. The highest BCUT2D eigenvalue weighted by Gasteiger charge is 2.32. The summed E-state index contributed by atoms with van der Waals surface area (Å²) in [6.07, 6.45) is 1.36. The molecule has 0 radical (unpaired) electrons. The largest absolute Gasteiger partial charge is 0.391 e. The van der Waals surface area contributed by atoms with Crippen molar-refractivity contribution in [2.45, 2.75) is 43.2 Å². The van der Waals surface area contributed by atoms with Crippen LogP contribution in [-0.2, 0) is 30.8 Å². The number of thiocarbonyl (C=S) groups is 1. The van der Waals surface area contributed by atoms with E-state index in [9.17, 15) is 18.0 Å². The minimum absolute atomic E-state index is 0.00788. The predicted molar refractivity (Wildman–Crippen MR) is 133 cm³/mol. The maximum absolute atomic E-state index is 13.0. The second-order valence-electron chi connectivity index (χ2n) is 7.98. The van der Waals surface area contributed by atoms with Crippen LogP contribution in [0.3, 0.4) is 0 Å². The molecule has 2 aromatic rings. The van der Waals surface area contributed by atoms with E-state index in [4.69, 9.17) is 17.0 Å². The first kappa shape index (κ1) is 25.8. The number of hydrogen-bond donors (Lipinski definition) is 4. The Kier molecular flexibility index (Phi) is 8.72. The Balaban J connectivity index is 1.79. The van der Waals surface area contributed by atoms with Gasteiger partial charge in [-0.25, -0.2) is 18.0 Å². The Hall–Kier alpha value is -2.86. The highest BCUT2D eigenvalue weighted by atomic mass is 32.2. The second kappa shape index (κ2) is 11.5. The van der Waals surface area contributed by atoms with Gasteiger partial charge < -0.3 is 20.7 Å². The number of nitrogens with one attached hydrogen (secondary N) is 4. The van der Waals surface area contributed by atoms with Gasteiger partial charge in [-0.1, -0.05) is 29.8 Å². The fraction of sp³-hybridized carbons (Fsp3) is 0.348. The average Bonchev–Trinajstić information content (AvgIpc) is 3.35. The molecular weight excluding hydrogens is 476 g/mol. The van der Waals surface area contributed by atoms with Crippen LogP contribution in [0, 0.1) is 6.92 Å². The first-order chi connectivity index (χ1) is 16.2. The number of benzene rings is 2. The highest BCUT2D eigenvalue weighted by Crippen LogP contribution is 2.16. The molecule has 1 saturated heterocycles. The average molecular weight is 505 g/mol. The van der Waals surface area contributed by atoms with E-state index < -0.39 is 34.0 Å². The van der Waals surface area contributed by atoms with Crippen molar-refractivity contribution < 1.29 is 22.7 Å². The van der Waals surface area contributed by atoms with E-state index in [2.05, 4.69) is 20.7 Å². The molecular formula is C23H28N4O5S2. The zero-order valence-corrected chi connectivity index (χ0v) is 20.6. The van der Waals surface area contributed by atoms with Gasteiger partial charge in [0.2, 0.25) is 10.0 Å². The fourth-order valence-corrected chi connectivity index (χ4v) is 4.73. The summed E-state index contributed by atoms with van der Waals surface area (Å²) in [5, 5.41) is 9.20. The van der Waals surface area contributed by atoms with Crippen LogP contribution in [0.25, 0.3) is 0 Å². The molecule has 0 aliphatic carbocycles. The van der Waals surface area contributed by atoms with Crippen molar-refractivity contribution in [2.24, 2.45) is 0 Å². The molecule has 3 rings (SSSR count). The van der Waals surface area contributed by atoms with E-state index in [1.54, 1.807) is 43.4 Å². The van der Waals surface area contributed by atoms with E-state index in [0.717, 1.165) is 17.7 Å². The van der Waals surface area contributed by atoms with Gasteiger partial charge in [0.25, 0.3) is 0 Å². The molecule has 0 spiro atoms. The van der Waals surface area contributed by atoms with Crippen LogP contribution in [0.4, 0.5) is 5.69 Å². The fourth-order valence-electron chi connectivity index (χ4n) is 3.43. The molecule has 2 aromatic carbocycles. The Morgan fingerprint density at radius 2 is 1.82 bits per heavy atom. The number of carbonyl (C=O) groups excluding carboxylic acids is 2. The van der Waals surface area contributed by atoms with Crippen molar-refractivity contribution in [2.75, 3.05) is 18.9 Å². The summed E-state index contributed by atoms with van der Waals surface area (Å²) in [4.78, 5) is 25.3. The minimum Gasteiger partial charge on any atom is -0.391 e. The van der Waals surface area contributed by atoms with Crippen LogP contribution in [0.2, 0.25) is 0 Å². The number of hydrogen-bond acceptors (Lipinski definition) is 7. The van der Waals surface area contributed by atoms with Crippen LogP contribution in [0.5, 0.6) is 0 Å². The number of ether oxygens (including phenoxy) is 1. The lowest BCUT2D eigenvalue weighted by Crippen LogP contribution is -2.45. The van der Waals surface area contributed by atoms with Crippen molar-refractivity contribution in [3.05, 3.63) is 59.7 Å². The van der Waals surface area contributed by atoms with Gasteiger partial charge in [-0.05, 0) is 74.8 Å². The number of aryl methyl sites for hydroxylation is 1. The molecule has 0 amide bonds. The van der Waals surface area contributed by atoms with Gasteiger partial charge in [-0.15, -0.1) is 0 Å². The zero-order chi connectivity index (χ0) is 24.7. The summed E-state index contributed by atoms with van der Waals surface area (Å²) in [5.74, 6) is -1.66. The second-order valence-corrected chi connectivity index (χ2v) is 10.1. The smallest absolute Gasteiger partial charge is 0.332 e. The van der Waals surface area contributed by atoms with Crippen molar-refractivity contribution in [1.82, 2.24) is 15.4 Å². The van der Waals surface area contributed by atoms with Gasteiger partial charge in [0.05, 0.1) is 4.90 Å². The molecule has 11 heteroatoms. The lowest BCUT2D eigenvalue weighted by atomic mass is 10.1. The van der Waals surface area contributed by atoms with E-state index in [1.807, 2.05) is 6.92 Å². The maximum atomic E-state index is 13.0. The van der Waals surface area contributed by atoms with Crippen LogP contribution >= 0.6 is 12.2 Å². The van der Waals surface area contributed by atoms with Crippen LogP contribution in [0.15, 0.2) is 53.4 Å². The van der Waals surface area contributed by atoms with Gasteiger partial charge in [0.1, 0.15) is 12.1 Å². The van der Waals surface area contributed by atoms with Gasteiger partial charge in [-0.2, -0.15) is 4.72 Å². The van der Waals surface area contributed by atoms with Gasteiger partial charge in [0, 0.05) is 12.7 Å². The maximum Gasteiger partial charge on any atom is 0.332 e. The SMILES string of the molecule is CNC(=S)Nc1ccc(C[C@H](NS(=O)(=O)c2ccc(C)cc2)C(=O)OC(=O)[C@@H]2CCCN2)cc1.